The molecule has 1 unspecified atom stereocenters. The van der Waals surface area contributed by atoms with E-state index in [9.17, 15) is 4.79 Å². The largest absolute Gasteiger partial charge is 0.457 e. The van der Waals surface area contributed by atoms with Gasteiger partial charge in [0.2, 0.25) is 0 Å². The highest BCUT2D eigenvalue weighted by Crippen LogP contribution is 2.32. The van der Waals surface area contributed by atoms with Crippen LogP contribution in [0.15, 0.2) is 12.1 Å². The van der Waals surface area contributed by atoms with Crippen LogP contribution in [0.4, 0.5) is 0 Å². The predicted molar refractivity (Wildman–Crippen MR) is 92.7 cm³/mol. The Morgan fingerprint density at radius 2 is 2.04 bits per heavy atom. The lowest BCUT2D eigenvalue weighted by atomic mass is 9.80. The Hall–Kier alpha value is -1.35. The van der Waals surface area contributed by atoms with Crippen LogP contribution in [0.3, 0.4) is 0 Å². The van der Waals surface area contributed by atoms with Gasteiger partial charge in [0.05, 0.1) is 5.56 Å². The Morgan fingerprint density at radius 1 is 1.26 bits per heavy atom. The van der Waals surface area contributed by atoms with Crippen LogP contribution in [-0.2, 0) is 17.8 Å². The fourth-order valence-corrected chi connectivity index (χ4v) is 4.17. The van der Waals surface area contributed by atoms with Crippen molar-refractivity contribution >= 4 is 5.97 Å². The second-order valence-electron chi connectivity index (χ2n) is 8.12. The number of piperidine rings is 1. The number of carbonyl (C=O) groups is 1. The molecule has 3 rings (SSSR count). The maximum atomic E-state index is 11.7. The van der Waals surface area contributed by atoms with Crippen molar-refractivity contribution in [2.24, 2.45) is 5.41 Å². The molecule has 1 aromatic rings. The summed E-state index contributed by atoms with van der Waals surface area (Å²) >= 11 is 0. The third-order valence-electron chi connectivity index (χ3n) is 5.56. The van der Waals surface area contributed by atoms with Gasteiger partial charge in [-0.1, -0.05) is 33.3 Å². The number of nitrogens with zero attached hydrogens (tertiary/aromatic N) is 1. The van der Waals surface area contributed by atoms with Crippen molar-refractivity contribution in [2.45, 2.75) is 66.0 Å². The molecule has 3 heteroatoms. The van der Waals surface area contributed by atoms with E-state index in [-0.39, 0.29) is 5.97 Å². The lowest BCUT2D eigenvalue weighted by Crippen LogP contribution is -2.47. The minimum atomic E-state index is -0.168. The Morgan fingerprint density at radius 3 is 2.78 bits per heavy atom. The summed E-state index contributed by atoms with van der Waals surface area (Å²) in [6.45, 7) is 12.0. The van der Waals surface area contributed by atoms with E-state index >= 15 is 0 Å². The van der Waals surface area contributed by atoms with Gasteiger partial charge in [0, 0.05) is 18.2 Å². The molecule has 1 aromatic carbocycles. The standard InChI is InChI=1S/C20H29NO2/c1-14-15(8-9-16-17(14)13-23-19(16)22)10-12-21-11-6-5-7-18(21)20(2,3)4/h8-9,18H,5-7,10-13H2,1-4H3. The normalized spacial score (nSPS) is 22.1. The topological polar surface area (TPSA) is 29.5 Å². The zero-order chi connectivity index (χ0) is 16.6. The van der Waals surface area contributed by atoms with E-state index in [1.807, 2.05) is 6.07 Å². The van der Waals surface area contributed by atoms with Gasteiger partial charge in [-0.3, -0.25) is 4.90 Å². The van der Waals surface area contributed by atoms with Gasteiger partial charge in [-0.15, -0.1) is 0 Å². The lowest BCUT2D eigenvalue weighted by Gasteiger charge is -2.43. The van der Waals surface area contributed by atoms with Gasteiger partial charge >= 0.3 is 5.97 Å². The van der Waals surface area contributed by atoms with E-state index in [4.69, 9.17) is 4.74 Å². The Kier molecular flexibility index (Phi) is 4.50. The van der Waals surface area contributed by atoms with Crippen molar-refractivity contribution in [3.05, 3.63) is 34.4 Å². The molecule has 2 aliphatic rings. The SMILES string of the molecule is Cc1c(CCN2CCCCC2C(C)(C)C)ccc2c1COC2=O. The molecule has 2 aliphatic heterocycles. The maximum absolute atomic E-state index is 11.7. The fourth-order valence-electron chi connectivity index (χ4n) is 4.17. The number of hydrogen-bond acceptors (Lipinski definition) is 3. The quantitative estimate of drug-likeness (QED) is 0.786. The molecule has 1 atom stereocenters. The van der Waals surface area contributed by atoms with Gasteiger partial charge in [0.25, 0.3) is 0 Å². The first-order valence-corrected chi connectivity index (χ1v) is 8.90. The van der Waals surface area contributed by atoms with Gasteiger partial charge in [0.15, 0.2) is 0 Å². The summed E-state index contributed by atoms with van der Waals surface area (Å²) in [5, 5.41) is 0. The molecule has 126 valence electrons. The van der Waals surface area contributed by atoms with Crippen molar-refractivity contribution in [3.63, 3.8) is 0 Å². The molecule has 0 saturated carbocycles. The predicted octanol–water partition coefficient (Wildman–Crippen LogP) is 4.11. The smallest absolute Gasteiger partial charge is 0.338 e. The van der Waals surface area contributed by atoms with Crippen LogP contribution in [0, 0.1) is 12.3 Å². The van der Waals surface area contributed by atoms with E-state index < -0.39 is 0 Å². The van der Waals surface area contributed by atoms with E-state index in [0.29, 0.717) is 18.1 Å². The minimum Gasteiger partial charge on any atom is -0.457 e. The molecule has 0 bridgehead atoms. The number of hydrogen-bond donors (Lipinski definition) is 0. The molecule has 0 aliphatic carbocycles. The zero-order valence-corrected chi connectivity index (χ0v) is 14.9. The van der Waals surface area contributed by atoms with Gasteiger partial charge in [0.1, 0.15) is 6.61 Å². The summed E-state index contributed by atoms with van der Waals surface area (Å²) in [5.41, 5.74) is 4.81. The van der Waals surface area contributed by atoms with Crippen molar-refractivity contribution < 1.29 is 9.53 Å². The van der Waals surface area contributed by atoms with Crippen LogP contribution in [0.25, 0.3) is 0 Å². The molecule has 0 amide bonds. The molecule has 23 heavy (non-hydrogen) atoms. The van der Waals surface area contributed by atoms with Gasteiger partial charge in [-0.2, -0.15) is 0 Å². The Labute approximate surface area is 140 Å². The molecule has 0 spiro atoms. The second-order valence-corrected chi connectivity index (χ2v) is 8.12. The number of likely N-dealkylation sites (tertiary alicyclic amines) is 1. The van der Waals surface area contributed by atoms with Gasteiger partial charge in [-0.05, 0) is 55.3 Å². The second kappa shape index (κ2) is 6.27. The highest BCUT2D eigenvalue weighted by Gasteiger charge is 2.32. The zero-order valence-electron chi connectivity index (χ0n) is 14.9. The van der Waals surface area contributed by atoms with E-state index in [2.05, 4.69) is 38.7 Å². The number of cyclic esters (lactones) is 1. The van der Waals surface area contributed by atoms with Crippen LogP contribution in [0.2, 0.25) is 0 Å². The number of ether oxygens (including phenoxy) is 1. The molecule has 1 fully saturated rings. The fraction of sp³-hybridized carbons (Fsp3) is 0.650. The van der Waals surface area contributed by atoms with Gasteiger partial charge in [-0.25, -0.2) is 4.79 Å². The van der Waals surface area contributed by atoms with Crippen LogP contribution >= 0.6 is 0 Å². The molecule has 3 nitrogen and oxygen atoms in total. The third kappa shape index (κ3) is 3.30. The number of rotatable bonds is 3. The van der Waals surface area contributed by atoms with Crippen molar-refractivity contribution in [2.75, 3.05) is 13.1 Å². The van der Waals surface area contributed by atoms with E-state index in [0.717, 1.165) is 24.1 Å². The number of carbonyl (C=O) groups excluding carboxylic acids is 1. The van der Waals surface area contributed by atoms with Crippen LogP contribution in [0.5, 0.6) is 0 Å². The number of benzene rings is 1. The average molecular weight is 315 g/mol. The summed E-state index contributed by atoms with van der Waals surface area (Å²) in [6.07, 6.45) is 5.04. The molecule has 0 N–H and O–H groups in total. The molecule has 2 heterocycles. The summed E-state index contributed by atoms with van der Waals surface area (Å²) in [5.74, 6) is -0.168. The summed E-state index contributed by atoms with van der Waals surface area (Å²) < 4.78 is 5.17. The molecular weight excluding hydrogens is 286 g/mol. The number of esters is 1. The average Bonchev–Trinajstić information content (AvgIpc) is 2.88. The first-order chi connectivity index (χ1) is 10.9. The Balaban J connectivity index is 1.72. The molecule has 0 radical (unpaired) electrons. The van der Waals surface area contributed by atoms with Crippen molar-refractivity contribution in [3.8, 4) is 0 Å². The highest BCUT2D eigenvalue weighted by molar-refractivity contribution is 5.93. The summed E-state index contributed by atoms with van der Waals surface area (Å²) in [4.78, 5) is 14.3. The summed E-state index contributed by atoms with van der Waals surface area (Å²) in [6, 6.07) is 4.75. The molecular formula is C20H29NO2. The van der Waals surface area contributed by atoms with E-state index in [1.54, 1.807) is 0 Å². The minimum absolute atomic E-state index is 0.168. The summed E-state index contributed by atoms with van der Waals surface area (Å²) in [7, 11) is 0. The third-order valence-corrected chi connectivity index (χ3v) is 5.56. The van der Waals surface area contributed by atoms with E-state index in [1.165, 1.54) is 36.9 Å². The molecule has 0 aromatic heterocycles. The van der Waals surface area contributed by atoms with Crippen LogP contribution < -0.4 is 0 Å². The van der Waals surface area contributed by atoms with Crippen molar-refractivity contribution in [1.82, 2.24) is 4.90 Å². The number of fused-ring (bicyclic) bond motifs is 1. The Bertz CT molecular complexity index is 600. The first kappa shape index (κ1) is 16.5. The maximum Gasteiger partial charge on any atom is 0.338 e. The van der Waals surface area contributed by atoms with Gasteiger partial charge < -0.3 is 4.74 Å². The van der Waals surface area contributed by atoms with Crippen LogP contribution in [0.1, 0.15) is 67.1 Å². The lowest BCUT2D eigenvalue weighted by molar-refractivity contribution is 0.0535. The first-order valence-electron chi connectivity index (χ1n) is 8.90. The highest BCUT2D eigenvalue weighted by atomic mass is 16.5. The van der Waals surface area contributed by atoms with Crippen molar-refractivity contribution in [1.29, 1.82) is 0 Å². The van der Waals surface area contributed by atoms with Crippen LogP contribution in [-0.4, -0.2) is 30.0 Å². The molecule has 1 saturated heterocycles. The monoisotopic (exact) mass is 315 g/mol.